The van der Waals surface area contributed by atoms with Crippen LogP contribution in [0.25, 0.3) is 0 Å². The summed E-state index contributed by atoms with van der Waals surface area (Å²) < 4.78 is 0. The number of nitrogens with zero attached hydrogens (tertiary/aromatic N) is 2. The zero-order valence-corrected chi connectivity index (χ0v) is 16.7. The summed E-state index contributed by atoms with van der Waals surface area (Å²) >= 11 is 0. The molecule has 2 fully saturated rings. The van der Waals surface area contributed by atoms with E-state index in [9.17, 15) is 4.79 Å². The van der Waals surface area contributed by atoms with Crippen LogP contribution in [0.1, 0.15) is 56.6 Å². The number of amides is 2. The number of urea groups is 1. The van der Waals surface area contributed by atoms with Gasteiger partial charge < -0.3 is 10.2 Å². The predicted molar refractivity (Wildman–Crippen MR) is 107 cm³/mol. The molecular formula is C22H35N3O. The summed E-state index contributed by atoms with van der Waals surface area (Å²) in [6, 6.07) is 9.50. The van der Waals surface area contributed by atoms with E-state index >= 15 is 0 Å². The smallest absolute Gasteiger partial charge is 0.317 e. The van der Waals surface area contributed by atoms with E-state index in [4.69, 9.17) is 0 Å². The number of aryl methyl sites for hydroxylation is 1. The molecule has 1 N–H and O–H groups in total. The number of hydrogen-bond acceptors (Lipinski definition) is 2. The summed E-state index contributed by atoms with van der Waals surface area (Å²) in [7, 11) is 1.98. The molecule has 1 saturated carbocycles. The Hall–Kier alpha value is -1.55. The Labute approximate surface area is 158 Å². The zero-order valence-electron chi connectivity index (χ0n) is 16.7. The van der Waals surface area contributed by atoms with Crippen LogP contribution in [0.4, 0.5) is 4.79 Å². The van der Waals surface area contributed by atoms with E-state index in [0.717, 1.165) is 51.2 Å². The minimum Gasteiger partial charge on any atom is -0.335 e. The summed E-state index contributed by atoms with van der Waals surface area (Å²) in [6.45, 7) is 7.65. The summed E-state index contributed by atoms with van der Waals surface area (Å²) in [4.78, 5) is 17.1. The van der Waals surface area contributed by atoms with Gasteiger partial charge in [0.1, 0.15) is 0 Å². The molecule has 26 heavy (non-hydrogen) atoms. The fourth-order valence-corrected chi connectivity index (χ4v) is 4.34. The number of carbonyl (C=O) groups is 1. The van der Waals surface area contributed by atoms with Crippen LogP contribution in [0.3, 0.4) is 0 Å². The van der Waals surface area contributed by atoms with Gasteiger partial charge in [0.2, 0.25) is 0 Å². The molecule has 0 atom stereocenters. The van der Waals surface area contributed by atoms with Crippen molar-refractivity contribution >= 4 is 6.03 Å². The third-order valence-electron chi connectivity index (χ3n) is 6.42. The Morgan fingerprint density at radius 3 is 2.42 bits per heavy atom. The maximum absolute atomic E-state index is 12.6. The number of carbonyl (C=O) groups excluding carboxylic acids is 1. The molecule has 3 rings (SSSR count). The maximum atomic E-state index is 12.6. The van der Waals surface area contributed by atoms with Crippen LogP contribution in [0.2, 0.25) is 0 Å². The van der Waals surface area contributed by atoms with E-state index in [1.54, 1.807) is 0 Å². The first-order valence-electron chi connectivity index (χ1n) is 10.3. The second kappa shape index (κ2) is 8.90. The van der Waals surface area contributed by atoms with Gasteiger partial charge in [-0.05, 0) is 62.5 Å². The van der Waals surface area contributed by atoms with Gasteiger partial charge in [-0.2, -0.15) is 0 Å². The molecular weight excluding hydrogens is 322 g/mol. The van der Waals surface area contributed by atoms with Crippen LogP contribution in [0.15, 0.2) is 24.3 Å². The Bertz CT molecular complexity index is 587. The van der Waals surface area contributed by atoms with Gasteiger partial charge in [-0.1, -0.05) is 31.2 Å². The largest absolute Gasteiger partial charge is 0.335 e. The highest BCUT2D eigenvalue weighted by Crippen LogP contribution is 2.26. The van der Waals surface area contributed by atoms with E-state index < -0.39 is 0 Å². The van der Waals surface area contributed by atoms with Crippen molar-refractivity contribution in [3.05, 3.63) is 35.4 Å². The molecule has 0 bridgehead atoms. The summed E-state index contributed by atoms with van der Waals surface area (Å²) in [5.74, 6) is 0.820. The predicted octanol–water partition coefficient (Wildman–Crippen LogP) is 4.18. The monoisotopic (exact) mass is 357 g/mol. The van der Waals surface area contributed by atoms with Crippen molar-refractivity contribution in [3.63, 3.8) is 0 Å². The molecule has 1 saturated heterocycles. The third kappa shape index (κ3) is 5.00. The minimum absolute atomic E-state index is 0.127. The van der Waals surface area contributed by atoms with Gasteiger partial charge in [0.25, 0.3) is 0 Å². The number of benzene rings is 1. The van der Waals surface area contributed by atoms with Gasteiger partial charge in [0.15, 0.2) is 0 Å². The Morgan fingerprint density at radius 1 is 1.12 bits per heavy atom. The highest BCUT2D eigenvalue weighted by Gasteiger charge is 2.27. The summed E-state index contributed by atoms with van der Waals surface area (Å²) in [5.41, 5.74) is 2.78. The van der Waals surface area contributed by atoms with Crippen LogP contribution in [-0.2, 0) is 6.54 Å². The molecule has 0 aromatic heterocycles. The standard InChI is InChI=1S/C22H35N3O/c1-17-8-10-21(11-9-17)24(3)22(26)23-20-12-14-25(15-13-20)16-19-7-5-4-6-18(19)2/h4-7,17,20-21H,8-16H2,1-3H3,(H,23,26). The first kappa shape index (κ1) is 19.2. The molecule has 1 aromatic carbocycles. The second-order valence-corrected chi connectivity index (χ2v) is 8.45. The van der Waals surface area contributed by atoms with Crippen LogP contribution >= 0.6 is 0 Å². The minimum atomic E-state index is 0.127. The highest BCUT2D eigenvalue weighted by atomic mass is 16.2. The summed E-state index contributed by atoms with van der Waals surface area (Å²) in [5, 5.41) is 3.28. The number of piperidine rings is 1. The first-order valence-corrected chi connectivity index (χ1v) is 10.3. The van der Waals surface area contributed by atoms with Gasteiger partial charge in [-0.15, -0.1) is 0 Å². The van der Waals surface area contributed by atoms with Crippen molar-refractivity contribution in [2.24, 2.45) is 5.92 Å². The molecule has 2 amide bonds. The zero-order chi connectivity index (χ0) is 18.5. The van der Waals surface area contributed by atoms with Gasteiger partial charge in [-0.3, -0.25) is 4.90 Å². The van der Waals surface area contributed by atoms with E-state index in [1.807, 2.05) is 11.9 Å². The van der Waals surface area contributed by atoms with Gasteiger partial charge in [0, 0.05) is 38.8 Å². The quantitative estimate of drug-likeness (QED) is 0.877. The lowest BCUT2D eigenvalue weighted by atomic mass is 9.87. The fourth-order valence-electron chi connectivity index (χ4n) is 4.34. The van der Waals surface area contributed by atoms with Crippen LogP contribution < -0.4 is 5.32 Å². The highest BCUT2D eigenvalue weighted by molar-refractivity contribution is 5.74. The molecule has 144 valence electrons. The lowest BCUT2D eigenvalue weighted by molar-refractivity contribution is 0.148. The SMILES string of the molecule is Cc1ccccc1CN1CCC(NC(=O)N(C)C2CCC(C)CC2)CC1. The van der Waals surface area contributed by atoms with E-state index in [-0.39, 0.29) is 6.03 Å². The number of rotatable bonds is 4. The molecule has 1 heterocycles. The second-order valence-electron chi connectivity index (χ2n) is 8.45. The van der Waals surface area contributed by atoms with Crippen molar-refractivity contribution in [2.75, 3.05) is 20.1 Å². The first-order chi connectivity index (χ1) is 12.5. The van der Waals surface area contributed by atoms with E-state index in [0.29, 0.717) is 12.1 Å². The average Bonchev–Trinajstić information content (AvgIpc) is 2.65. The molecule has 2 aliphatic rings. The molecule has 0 spiro atoms. The molecule has 1 aromatic rings. The number of likely N-dealkylation sites (tertiary alicyclic amines) is 1. The van der Waals surface area contributed by atoms with Gasteiger partial charge >= 0.3 is 6.03 Å². The van der Waals surface area contributed by atoms with Crippen molar-refractivity contribution in [3.8, 4) is 0 Å². The average molecular weight is 358 g/mol. The topological polar surface area (TPSA) is 35.6 Å². The molecule has 4 heteroatoms. The summed E-state index contributed by atoms with van der Waals surface area (Å²) in [6.07, 6.45) is 6.90. The molecule has 1 aliphatic heterocycles. The normalized spacial score (nSPS) is 25.0. The maximum Gasteiger partial charge on any atom is 0.317 e. The lowest BCUT2D eigenvalue weighted by Crippen LogP contribution is -2.51. The number of hydrogen-bond donors (Lipinski definition) is 1. The van der Waals surface area contributed by atoms with E-state index in [2.05, 4.69) is 48.3 Å². The molecule has 0 radical (unpaired) electrons. The van der Waals surface area contributed by atoms with Crippen molar-refractivity contribution in [1.82, 2.24) is 15.1 Å². The Morgan fingerprint density at radius 2 is 1.77 bits per heavy atom. The van der Waals surface area contributed by atoms with Gasteiger partial charge in [0.05, 0.1) is 0 Å². The van der Waals surface area contributed by atoms with Gasteiger partial charge in [-0.25, -0.2) is 4.79 Å². The molecule has 4 nitrogen and oxygen atoms in total. The van der Waals surface area contributed by atoms with Crippen molar-refractivity contribution in [1.29, 1.82) is 0 Å². The van der Waals surface area contributed by atoms with Crippen LogP contribution in [-0.4, -0.2) is 48.1 Å². The van der Waals surface area contributed by atoms with Crippen molar-refractivity contribution in [2.45, 2.75) is 71.0 Å². The van der Waals surface area contributed by atoms with Crippen molar-refractivity contribution < 1.29 is 4.79 Å². The Kier molecular flexibility index (Phi) is 6.58. The third-order valence-corrected chi connectivity index (χ3v) is 6.42. The Balaban J connectivity index is 1.42. The van der Waals surface area contributed by atoms with Crippen LogP contribution in [0, 0.1) is 12.8 Å². The van der Waals surface area contributed by atoms with Crippen LogP contribution in [0.5, 0.6) is 0 Å². The fraction of sp³-hybridized carbons (Fsp3) is 0.682. The lowest BCUT2D eigenvalue weighted by Gasteiger charge is -2.36. The molecule has 0 unspecified atom stereocenters. The number of nitrogens with one attached hydrogen (secondary N) is 1. The van der Waals surface area contributed by atoms with E-state index in [1.165, 1.54) is 24.0 Å². The molecule has 1 aliphatic carbocycles.